The lowest BCUT2D eigenvalue weighted by molar-refractivity contribution is 0.795. The molecule has 2 heterocycles. The first-order valence-corrected chi connectivity index (χ1v) is 6.68. The van der Waals surface area contributed by atoms with Crippen LogP contribution >= 0.6 is 11.8 Å². The van der Waals surface area contributed by atoms with Gasteiger partial charge in [0.15, 0.2) is 0 Å². The quantitative estimate of drug-likeness (QED) is 0.851. The molecule has 0 unspecified atom stereocenters. The first-order valence-electron chi connectivity index (χ1n) is 5.86. The average Bonchev–Trinajstić information content (AvgIpc) is 2.55. The molecule has 2 rings (SSSR count). The molecular weight excluding hydrogens is 230 g/mol. The van der Waals surface area contributed by atoms with Crippen LogP contribution in [-0.2, 0) is 6.42 Å². The molecule has 0 aromatic carbocycles. The van der Waals surface area contributed by atoms with Crippen LogP contribution in [0.25, 0.3) is 5.65 Å². The number of hydrogen-bond acceptors (Lipinski definition) is 3. The van der Waals surface area contributed by atoms with Crippen LogP contribution in [0.2, 0.25) is 0 Å². The molecule has 4 heteroatoms. The van der Waals surface area contributed by atoms with Crippen LogP contribution in [0.4, 0.5) is 0 Å². The van der Waals surface area contributed by atoms with Gasteiger partial charge in [0.2, 0.25) is 0 Å². The van der Waals surface area contributed by atoms with Crippen molar-refractivity contribution in [3.63, 3.8) is 0 Å². The summed E-state index contributed by atoms with van der Waals surface area (Å²) in [5.74, 6) is 0. The molecule has 2 aromatic heterocycles. The van der Waals surface area contributed by atoms with Crippen LogP contribution in [0, 0.1) is 0 Å². The third kappa shape index (κ3) is 2.82. The van der Waals surface area contributed by atoms with Crippen LogP contribution in [0.3, 0.4) is 0 Å². The molecule has 0 fully saturated rings. The third-order valence-electron chi connectivity index (χ3n) is 2.38. The normalized spacial score (nSPS) is 12.2. The number of nitrogens with two attached hydrogens (primary N) is 1. The maximum atomic E-state index is 5.69. The van der Waals surface area contributed by atoms with Gasteiger partial charge in [-0.3, -0.25) is 0 Å². The highest BCUT2D eigenvalue weighted by Crippen LogP contribution is 2.34. The molecule has 17 heavy (non-hydrogen) atoms. The van der Waals surface area contributed by atoms with Crippen LogP contribution in [0.15, 0.2) is 29.4 Å². The third-order valence-corrected chi connectivity index (χ3v) is 3.51. The summed E-state index contributed by atoms with van der Waals surface area (Å²) in [5, 5.41) is 1.11. The Balaban J connectivity index is 2.49. The summed E-state index contributed by atoms with van der Waals surface area (Å²) in [5.41, 5.74) is 7.92. The van der Waals surface area contributed by atoms with E-state index in [1.807, 2.05) is 18.2 Å². The minimum absolute atomic E-state index is 0.168. The number of thioether (sulfide) groups is 1. The molecule has 0 spiro atoms. The minimum Gasteiger partial charge on any atom is -0.330 e. The Bertz CT molecular complexity index is 511. The van der Waals surface area contributed by atoms with Gasteiger partial charge in [-0.25, -0.2) is 4.98 Å². The lowest BCUT2D eigenvalue weighted by Gasteiger charge is -2.16. The highest BCUT2D eigenvalue weighted by atomic mass is 32.2. The summed E-state index contributed by atoms with van der Waals surface area (Å²) in [6, 6.07) is 6.08. The predicted octanol–water partition coefficient (Wildman–Crippen LogP) is 2.73. The lowest BCUT2D eigenvalue weighted by atomic mass is 10.3. The molecule has 0 saturated heterocycles. The van der Waals surface area contributed by atoms with E-state index in [1.165, 1.54) is 5.69 Å². The van der Waals surface area contributed by atoms with Gasteiger partial charge in [-0.1, -0.05) is 38.6 Å². The number of imidazole rings is 1. The molecule has 0 radical (unpaired) electrons. The van der Waals surface area contributed by atoms with Gasteiger partial charge in [0.05, 0.1) is 5.69 Å². The molecule has 2 N–H and O–H groups in total. The van der Waals surface area contributed by atoms with Crippen molar-refractivity contribution in [1.29, 1.82) is 0 Å². The number of rotatable bonds is 3. The van der Waals surface area contributed by atoms with Gasteiger partial charge < -0.3 is 10.1 Å². The van der Waals surface area contributed by atoms with Gasteiger partial charge in [0, 0.05) is 17.4 Å². The van der Waals surface area contributed by atoms with Gasteiger partial charge in [-0.15, -0.1) is 0 Å². The lowest BCUT2D eigenvalue weighted by Crippen LogP contribution is -2.10. The fourth-order valence-electron chi connectivity index (χ4n) is 1.76. The molecule has 0 amide bonds. The van der Waals surface area contributed by atoms with Crippen LogP contribution in [0.1, 0.15) is 26.5 Å². The van der Waals surface area contributed by atoms with Crippen molar-refractivity contribution in [2.45, 2.75) is 37.0 Å². The van der Waals surface area contributed by atoms with Crippen LogP contribution in [-0.4, -0.2) is 20.7 Å². The number of hydrogen-bond donors (Lipinski definition) is 1. The summed E-state index contributed by atoms with van der Waals surface area (Å²) in [4.78, 5) is 4.69. The maximum Gasteiger partial charge on any atom is 0.138 e. The first kappa shape index (κ1) is 12.5. The molecule has 0 bridgehead atoms. The van der Waals surface area contributed by atoms with E-state index in [2.05, 4.69) is 36.4 Å². The Labute approximate surface area is 106 Å². The largest absolute Gasteiger partial charge is 0.330 e. The zero-order chi connectivity index (χ0) is 12.5. The van der Waals surface area contributed by atoms with E-state index in [1.54, 1.807) is 11.8 Å². The van der Waals surface area contributed by atoms with E-state index in [9.17, 15) is 0 Å². The standard InChI is InChI=1S/C13H19N3S/c1-13(2,3)17-12-10(7-8-14)16-9-5-4-6-11(16)15-12/h4-6,9H,7-8,14H2,1-3H3. The predicted molar refractivity (Wildman–Crippen MR) is 73.6 cm³/mol. The van der Waals surface area contributed by atoms with Crippen molar-refractivity contribution in [3.05, 3.63) is 30.1 Å². The zero-order valence-electron chi connectivity index (χ0n) is 10.6. The fourth-order valence-corrected chi connectivity index (χ4v) is 2.80. The van der Waals surface area contributed by atoms with Crippen molar-refractivity contribution in [1.82, 2.24) is 9.38 Å². The summed E-state index contributed by atoms with van der Waals surface area (Å²) in [7, 11) is 0. The molecule has 3 nitrogen and oxygen atoms in total. The van der Waals surface area contributed by atoms with Gasteiger partial charge in [-0.05, 0) is 18.7 Å². The Morgan fingerprint density at radius 2 is 2.12 bits per heavy atom. The maximum absolute atomic E-state index is 5.69. The Hall–Kier alpha value is -1.00. The van der Waals surface area contributed by atoms with E-state index < -0.39 is 0 Å². The molecular formula is C13H19N3S. The van der Waals surface area contributed by atoms with Crippen LogP contribution < -0.4 is 5.73 Å². The van der Waals surface area contributed by atoms with Gasteiger partial charge in [-0.2, -0.15) is 0 Å². The number of aromatic nitrogens is 2. The SMILES string of the molecule is CC(C)(C)Sc1nc2ccccn2c1CCN. The summed E-state index contributed by atoms with van der Waals surface area (Å²) >= 11 is 1.81. The van der Waals surface area contributed by atoms with E-state index >= 15 is 0 Å². The fraction of sp³-hybridized carbons (Fsp3) is 0.462. The summed E-state index contributed by atoms with van der Waals surface area (Å²) < 4.78 is 2.31. The summed E-state index contributed by atoms with van der Waals surface area (Å²) in [6.07, 6.45) is 2.92. The van der Waals surface area contributed by atoms with Gasteiger partial charge in [0.1, 0.15) is 10.7 Å². The molecule has 0 aliphatic heterocycles. The van der Waals surface area contributed by atoms with Gasteiger partial charge in [0.25, 0.3) is 0 Å². The van der Waals surface area contributed by atoms with E-state index in [0.717, 1.165) is 17.1 Å². The first-order chi connectivity index (χ1) is 8.01. The minimum atomic E-state index is 0.168. The average molecular weight is 249 g/mol. The second kappa shape index (κ2) is 4.70. The second-order valence-electron chi connectivity index (χ2n) is 5.05. The van der Waals surface area contributed by atoms with E-state index in [-0.39, 0.29) is 4.75 Å². The molecule has 92 valence electrons. The smallest absolute Gasteiger partial charge is 0.138 e. The Kier molecular flexibility index (Phi) is 3.45. The van der Waals surface area contributed by atoms with E-state index in [0.29, 0.717) is 6.54 Å². The summed E-state index contributed by atoms with van der Waals surface area (Å²) in [6.45, 7) is 7.26. The molecule has 0 atom stereocenters. The van der Waals surface area contributed by atoms with Crippen molar-refractivity contribution in [3.8, 4) is 0 Å². The number of pyridine rings is 1. The van der Waals surface area contributed by atoms with Crippen molar-refractivity contribution in [2.24, 2.45) is 5.73 Å². The molecule has 0 aliphatic carbocycles. The molecule has 0 aliphatic rings. The zero-order valence-corrected chi connectivity index (χ0v) is 11.4. The monoisotopic (exact) mass is 249 g/mol. The number of nitrogens with zero attached hydrogens (tertiary/aromatic N) is 2. The Morgan fingerprint density at radius 3 is 2.76 bits per heavy atom. The van der Waals surface area contributed by atoms with Crippen molar-refractivity contribution >= 4 is 17.4 Å². The van der Waals surface area contributed by atoms with Gasteiger partial charge >= 0.3 is 0 Å². The second-order valence-corrected chi connectivity index (χ2v) is 6.86. The highest BCUT2D eigenvalue weighted by molar-refractivity contribution is 8.00. The molecule has 0 saturated carbocycles. The highest BCUT2D eigenvalue weighted by Gasteiger charge is 2.19. The Morgan fingerprint density at radius 1 is 1.35 bits per heavy atom. The molecule has 2 aromatic rings. The van der Waals surface area contributed by atoms with Crippen LogP contribution in [0.5, 0.6) is 0 Å². The van der Waals surface area contributed by atoms with Crippen molar-refractivity contribution in [2.75, 3.05) is 6.54 Å². The topological polar surface area (TPSA) is 43.3 Å². The van der Waals surface area contributed by atoms with Crippen molar-refractivity contribution < 1.29 is 0 Å². The van der Waals surface area contributed by atoms with E-state index in [4.69, 9.17) is 5.73 Å². The number of fused-ring (bicyclic) bond motifs is 1.